The van der Waals surface area contributed by atoms with Crippen LogP contribution in [0.4, 0.5) is 5.69 Å². The number of hydrogen-bond acceptors (Lipinski definition) is 4. The zero-order chi connectivity index (χ0) is 9.42. The van der Waals surface area contributed by atoms with Gasteiger partial charge in [-0.1, -0.05) is 0 Å². The summed E-state index contributed by atoms with van der Waals surface area (Å²) in [6.45, 7) is 0. The zero-order valence-electron chi connectivity index (χ0n) is 6.65. The molecule has 0 amide bonds. The second-order valence-electron chi connectivity index (χ2n) is 2.73. The summed E-state index contributed by atoms with van der Waals surface area (Å²) < 4.78 is 0.779. The molecule has 4 heteroatoms. The molecule has 0 spiro atoms. The predicted octanol–water partition coefficient (Wildman–Crippen LogP) is 2.00. The Hall–Kier alpha value is -1.55. The van der Waals surface area contributed by atoms with E-state index in [4.69, 9.17) is 5.73 Å². The van der Waals surface area contributed by atoms with Gasteiger partial charge in [0.05, 0.1) is 0 Å². The third kappa shape index (κ3) is 1.15. The maximum atomic E-state index is 10.7. The minimum Gasteiger partial charge on any atom is -0.506 e. The number of aromatic hydroxyl groups is 1. The van der Waals surface area contributed by atoms with Crippen LogP contribution >= 0.6 is 11.3 Å². The second-order valence-corrected chi connectivity index (χ2v) is 3.61. The largest absolute Gasteiger partial charge is 0.506 e. The summed E-state index contributed by atoms with van der Waals surface area (Å²) in [6.07, 6.45) is 0.745. The van der Waals surface area contributed by atoms with Gasteiger partial charge in [-0.05, 0) is 12.1 Å². The number of nitrogen functional groups attached to an aromatic ring is 1. The van der Waals surface area contributed by atoms with Crippen LogP contribution in [0.2, 0.25) is 0 Å². The van der Waals surface area contributed by atoms with E-state index >= 15 is 0 Å². The molecule has 2 rings (SSSR count). The molecule has 0 radical (unpaired) electrons. The molecule has 1 heterocycles. The molecular weight excluding hydrogens is 186 g/mol. The fourth-order valence-corrected chi connectivity index (χ4v) is 2.15. The first-order chi connectivity index (χ1) is 6.22. The van der Waals surface area contributed by atoms with Crippen LogP contribution in [0.1, 0.15) is 10.4 Å². The van der Waals surface area contributed by atoms with Crippen LogP contribution in [0.5, 0.6) is 5.75 Å². The Morgan fingerprint density at radius 1 is 1.46 bits per heavy atom. The van der Waals surface area contributed by atoms with Gasteiger partial charge < -0.3 is 10.8 Å². The monoisotopic (exact) mass is 193 g/mol. The van der Waals surface area contributed by atoms with E-state index in [-0.39, 0.29) is 5.75 Å². The van der Waals surface area contributed by atoms with E-state index in [0.717, 1.165) is 11.0 Å². The Bertz CT molecular complexity index is 476. The summed E-state index contributed by atoms with van der Waals surface area (Å²) in [5.74, 6) is 0.176. The van der Waals surface area contributed by atoms with Crippen LogP contribution in [0.3, 0.4) is 0 Å². The highest BCUT2D eigenvalue weighted by atomic mass is 32.1. The van der Waals surface area contributed by atoms with Crippen molar-refractivity contribution in [3.63, 3.8) is 0 Å². The van der Waals surface area contributed by atoms with Crippen LogP contribution < -0.4 is 5.73 Å². The van der Waals surface area contributed by atoms with Crippen molar-refractivity contribution in [1.82, 2.24) is 0 Å². The minimum absolute atomic E-state index is 0.176. The number of carbonyl (C=O) groups is 1. The van der Waals surface area contributed by atoms with Gasteiger partial charge in [0.2, 0.25) is 0 Å². The molecule has 0 aliphatic rings. The van der Waals surface area contributed by atoms with E-state index < -0.39 is 0 Å². The van der Waals surface area contributed by atoms with Crippen molar-refractivity contribution in [3.8, 4) is 5.75 Å². The lowest BCUT2D eigenvalue weighted by Gasteiger charge is -1.97. The average molecular weight is 193 g/mol. The first kappa shape index (κ1) is 8.07. The van der Waals surface area contributed by atoms with Gasteiger partial charge in [0, 0.05) is 26.7 Å². The normalized spacial score (nSPS) is 10.5. The summed E-state index contributed by atoms with van der Waals surface area (Å²) in [4.78, 5) is 10.7. The first-order valence-electron chi connectivity index (χ1n) is 3.67. The van der Waals surface area contributed by atoms with Crippen LogP contribution in [0.25, 0.3) is 10.1 Å². The zero-order valence-corrected chi connectivity index (χ0v) is 7.47. The van der Waals surface area contributed by atoms with Gasteiger partial charge in [-0.3, -0.25) is 4.79 Å². The van der Waals surface area contributed by atoms with Crippen molar-refractivity contribution < 1.29 is 9.90 Å². The summed E-state index contributed by atoms with van der Waals surface area (Å²) in [5.41, 5.74) is 6.58. The van der Waals surface area contributed by atoms with Gasteiger partial charge in [-0.15, -0.1) is 11.3 Å². The number of benzene rings is 1. The van der Waals surface area contributed by atoms with Crippen molar-refractivity contribution >= 4 is 33.4 Å². The molecular formula is C9H7NO2S. The molecule has 0 aliphatic carbocycles. The number of carbonyl (C=O) groups excluding carboxylic acids is 1. The summed E-state index contributed by atoms with van der Waals surface area (Å²) in [7, 11) is 0. The van der Waals surface area contributed by atoms with Gasteiger partial charge >= 0.3 is 0 Å². The topological polar surface area (TPSA) is 63.3 Å². The molecule has 3 nitrogen and oxygen atoms in total. The molecule has 3 N–H and O–H groups in total. The van der Waals surface area contributed by atoms with Crippen molar-refractivity contribution in [3.05, 3.63) is 23.1 Å². The Morgan fingerprint density at radius 2 is 2.23 bits per heavy atom. The molecule has 0 atom stereocenters. The lowest BCUT2D eigenvalue weighted by atomic mass is 10.1. The molecule has 66 valence electrons. The van der Waals surface area contributed by atoms with E-state index in [2.05, 4.69) is 0 Å². The highest BCUT2D eigenvalue weighted by Gasteiger charge is 2.07. The quantitative estimate of drug-likeness (QED) is 0.537. The van der Waals surface area contributed by atoms with Gasteiger partial charge in [-0.25, -0.2) is 0 Å². The Morgan fingerprint density at radius 3 is 2.92 bits per heavy atom. The predicted molar refractivity (Wildman–Crippen MR) is 53.3 cm³/mol. The van der Waals surface area contributed by atoms with Gasteiger partial charge in [0.25, 0.3) is 0 Å². The molecule has 2 aromatic rings. The van der Waals surface area contributed by atoms with E-state index in [1.807, 2.05) is 0 Å². The van der Waals surface area contributed by atoms with E-state index in [0.29, 0.717) is 16.6 Å². The number of hydrogen-bond donors (Lipinski definition) is 2. The number of rotatable bonds is 1. The number of nitrogens with two attached hydrogens (primary N) is 1. The Balaban J connectivity index is 2.91. The first-order valence-corrected chi connectivity index (χ1v) is 4.55. The van der Waals surface area contributed by atoms with Crippen molar-refractivity contribution in [2.45, 2.75) is 0 Å². The van der Waals surface area contributed by atoms with Crippen LogP contribution in [-0.4, -0.2) is 11.4 Å². The molecule has 1 aromatic heterocycles. The van der Waals surface area contributed by atoms with E-state index in [9.17, 15) is 9.90 Å². The Kier molecular flexibility index (Phi) is 1.70. The fourth-order valence-electron chi connectivity index (χ4n) is 1.26. The highest BCUT2D eigenvalue weighted by Crippen LogP contribution is 2.34. The van der Waals surface area contributed by atoms with Crippen molar-refractivity contribution in [1.29, 1.82) is 0 Å². The fraction of sp³-hybridized carbons (Fsp3) is 0. The third-order valence-electron chi connectivity index (χ3n) is 1.83. The molecule has 0 fully saturated rings. The average Bonchev–Trinajstić information content (AvgIpc) is 2.47. The summed E-state index contributed by atoms with van der Waals surface area (Å²) in [6, 6.07) is 3.26. The minimum atomic E-state index is 0.176. The molecule has 0 saturated carbocycles. The SMILES string of the molecule is Nc1cc(C=O)c2scc(O)c2c1. The van der Waals surface area contributed by atoms with Crippen molar-refractivity contribution in [2.24, 2.45) is 0 Å². The van der Waals surface area contributed by atoms with Crippen LogP contribution in [-0.2, 0) is 0 Å². The smallest absolute Gasteiger partial charge is 0.151 e. The molecule has 13 heavy (non-hydrogen) atoms. The standard InChI is InChI=1S/C9H7NO2S/c10-6-1-5(3-11)9-7(2-6)8(12)4-13-9/h1-4,12H,10H2. The van der Waals surface area contributed by atoms with E-state index in [1.165, 1.54) is 11.3 Å². The third-order valence-corrected chi connectivity index (χ3v) is 2.86. The lowest BCUT2D eigenvalue weighted by Crippen LogP contribution is -1.87. The number of anilines is 1. The molecule has 1 aromatic carbocycles. The number of fused-ring (bicyclic) bond motifs is 1. The lowest BCUT2D eigenvalue weighted by molar-refractivity contribution is 0.112. The number of thiophene rings is 1. The highest BCUT2D eigenvalue weighted by molar-refractivity contribution is 7.18. The van der Waals surface area contributed by atoms with Gasteiger partial charge in [-0.2, -0.15) is 0 Å². The van der Waals surface area contributed by atoms with E-state index in [1.54, 1.807) is 17.5 Å². The molecule has 0 saturated heterocycles. The summed E-state index contributed by atoms with van der Waals surface area (Å²) in [5, 5.41) is 11.6. The molecule has 0 bridgehead atoms. The van der Waals surface area contributed by atoms with Crippen molar-refractivity contribution in [2.75, 3.05) is 5.73 Å². The Labute approximate surface area is 78.4 Å². The second kappa shape index (κ2) is 2.74. The maximum Gasteiger partial charge on any atom is 0.151 e. The molecule has 0 aliphatic heterocycles. The van der Waals surface area contributed by atoms with Gasteiger partial charge in [0.15, 0.2) is 6.29 Å². The van der Waals surface area contributed by atoms with Crippen LogP contribution in [0.15, 0.2) is 17.5 Å². The van der Waals surface area contributed by atoms with Gasteiger partial charge in [0.1, 0.15) is 5.75 Å². The molecule has 0 unspecified atom stereocenters. The number of aldehydes is 1. The van der Waals surface area contributed by atoms with Crippen LogP contribution in [0, 0.1) is 0 Å². The summed E-state index contributed by atoms with van der Waals surface area (Å²) >= 11 is 1.34. The maximum absolute atomic E-state index is 10.7.